The van der Waals surface area contributed by atoms with Crippen LogP contribution in [0, 0.1) is 18.6 Å². The first-order chi connectivity index (χ1) is 16.4. The Balaban J connectivity index is 1.80. The van der Waals surface area contributed by atoms with Crippen molar-refractivity contribution in [2.24, 2.45) is 0 Å². The van der Waals surface area contributed by atoms with Gasteiger partial charge in [0.2, 0.25) is 0 Å². The first-order valence-corrected chi connectivity index (χ1v) is 12.4. The maximum atomic E-state index is 13.9. The number of sulfonamides is 1. The van der Waals surface area contributed by atoms with Crippen molar-refractivity contribution in [1.29, 1.82) is 0 Å². The smallest absolute Gasteiger partial charge is 0.356 e. The maximum absolute atomic E-state index is 13.9. The molecule has 8 nitrogen and oxygen atoms in total. The standard InChI is InChI=1S/C23H22BrF2N3O5S/c1-14-9-20(34-13-16-7-8-17(25)11-19(16)26)21(24)22(30)29(14)12-15-5-4-6-18(10-15)27-23(31)35(32,33)28(2)3/h4-11H,12-13H2,1-3H3,(H,27,31). The molecule has 0 aliphatic heterocycles. The van der Waals surface area contributed by atoms with Crippen LogP contribution in [-0.4, -0.2) is 36.6 Å². The minimum Gasteiger partial charge on any atom is -0.487 e. The van der Waals surface area contributed by atoms with Crippen molar-refractivity contribution in [3.63, 3.8) is 0 Å². The Bertz CT molecular complexity index is 1440. The van der Waals surface area contributed by atoms with Crippen molar-refractivity contribution in [1.82, 2.24) is 8.87 Å². The van der Waals surface area contributed by atoms with E-state index in [2.05, 4.69) is 21.2 Å². The summed E-state index contributed by atoms with van der Waals surface area (Å²) in [7, 11) is -1.63. The van der Waals surface area contributed by atoms with Gasteiger partial charge in [-0.25, -0.2) is 17.2 Å². The number of pyridine rings is 1. The molecule has 0 aliphatic carbocycles. The van der Waals surface area contributed by atoms with Gasteiger partial charge in [0.05, 0.1) is 6.54 Å². The monoisotopic (exact) mass is 569 g/mol. The van der Waals surface area contributed by atoms with Crippen LogP contribution in [0.15, 0.2) is 57.8 Å². The quantitative estimate of drug-likeness (QED) is 0.458. The van der Waals surface area contributed by atoms with Crippen molar-refractivity contribution in [3.8, 4) is 5.75 Å². The summed E-state index contributed by atoms with van der Waals surface area (Å²) < 4.78 is 58.9. The van der Waals surface area contributed by atoms with E-state index in [0.29, 0.717) is 11.3 Å². The number of aromatic nitrogens is 1. The summed E-state index contributed by atoms with van der Waals surface area (Å²) in [6.07, 6.45) is 0. The second-order valence-corrected chi connectivity index (χ2v) is 10.6. The van der Waals surface area contributed by atoms with Gasteiger partial charge in [-0.1, -0.05) is 12.1 Å². The van der Waals surface area contributed by atoms with Crippen LogP contribution in [0.1, 0.15) is 16.8 Å². The van der Waals surface area contributed by atoms with Gasteiger partial charge in [-0.2, -0.15) is 4.31 Å². The first kappa shape index (κ1) is 26.5. The van der Waals surface area contributed by atoms with E-state index < -0.39 is 32.5 Å². The van der Waals surface area contributed by atoms with E-state index in [0.717, 1.165) is 16.4 Å². The number of rotatable bonds is 7. The van der Waals surface area contributed by atoms with Crippen LogP contribution in [-0.2, 0) is 23.2 Å². The number of benzene rings is 2. The fourth-order valence-electron chi connectivity index (χ4n) is 3.09. The number of halogens is 3. The Morgan fingerprint density at radius 2 is 1.86 bits per heavy atom. The SMILES string of the molecule is Cc1cc(OCc2ccc(F)cc2F)c(Br)c(=O)n1Cc1cccc(NC(=O)S(=O)(=O)N(C)C)c1. The van der Waals surface area contributed by atoms with E-state index >= 15 is 0 Å². The second kappa shape index (κ2) is 10.7. The molecular weight excluding hydrogens is 548 g/mol. The summed E-state index contributed by atoms with van der Waals surface area (Å²) in [5.74, 6) is -1.26. The number of aryl methyl sites for hydroxylation is 1. The molecule has 0 saturated heterocycles. The lowest BCUT2D eigenvalue weighted by Crippen LogP contribution is -2.33. The summed E-state index contributed by atoms with van der Waals surface area (Å²) in [5.41, 5.74) is 1.14. The zero-order valence-electron chi connectivity index (χ0n) is 19.0. The summed E-state index contributed by atoms with van der Waals surface area (Å²) in [5, 5.41) is 1.17. The van der Waals surface area contributed by atoms with E-state index in [1.807, 2.05) is 0 Å². The Labute approximate surface area is 209 Å². The lowest BCUT2D eigenvalue weighted by atomic mass is 10.2. The van der Waals surface area contributed by atoms with Crippen LogP contribution in [0.25, 0.3) is 0 Å². The van der Waals surface area contributed by atoms with Crippen LogP contribution in [0.3, 0.4) is 0 Å². The molecule has 186 valence electrons. The number of anilines is 1. The molecule has 0 bridgehead atoms. The Kier molecular flexibility index (Phi) is 8.08. The zero-order chi connectivity index (χ0) is 25.9. The van der Waals surface area contributed by atoms with Crippen LogP contribution < -0.4 is 15.6 Å². The number of hydrogen-bond donors (Lipinski definition) is 1. The average molecular weight is 570 g/mol. The average Bonchev–Trinajstić information content (AvgIpc) is 2.79. The van der Waals surface area contributed by atoms with Crippen molar-refractivity contribution < 1.29 is 26.7 Å². The molecule has 35 heavy (non-hydrogen) atoms. The van der Waals surface area contributed by atoms with Gasteiger partial charge >= 0.3 is 5.24 Å². The molecule has 0 aliphatic rings. The molecule has 0 unspecified atom stereocenters. The lowest BCUT2D eigenvalue weighted by Gasteiger charge is -2.16. The number of hydrogen-bond acceptors (Lipinski definition) is 5. The molecular formula is C23H22BrF2N3O5S. The number of carbonyl (C=O) groups excluding carboxylic acids is 1. The number of nitrogens with one attached hydrogen (secondary N) is 1. The van der Waals surface area contributed by atoms with E-state index in [1.54, 1.807) is 31.2 Å². The Morgan fingerprint density at radius 1 is 1.14 bits per heavy atom. The maximum Gasteiger partial charge on any atom is 0.356 e. The van der Waals surface area contributed by atoms with Crippen LogP contribution in [0.2, 0.25) is 0 Å². The first-order valence-electron chi connectivity index (χ1n) is 10.2. The van der Waals surface area contributed by atoms with Gasteiger partial charge in [0, 0.05) is 43.2 Å². The van der Waals surface area contributed by atoms with E-state index in [4.69, 9.17) is 4.74 Å². The van der Waals surface area contributed by atoms with Crippen molar-refractivity contribution in [2.45, 2.75) is 20.1 Å². The third-order valence-electron chi connectivity index (χ3n) is 5.04. The number of carbonyl (C=O) groups is 1. The van der Waals surface area contributed by atoms with Crippen molar-refractivity contribution in [2.75, 3.05) is 19.4 Å². The Morgan fingerprint density at radius 3 is 2.51 bits per heavy atom. The molecule has 1 heterocycles. The predicted octanol–water partition coefficient (Wildman–Crippen LogP) is 4.25. The van der Waals surface area contributed by atoms with Gasteiger partial charge in [-0.15, -0.1) is 0 Å². The highest BCUT2D eigenvalue weighted by atomic mass is 79.9. The molecule has 0 fully saturated rings. The van der Waals surface area contributed by atoms with Gasteiger partial charge in [-0.3, -0.25) is 9.59 Å². The molecule has 0 saturated carbocycles. The normalized spacial score (nSPS) is 11.5. The number of ether oxygens (including phenoxy) is 1. The Hall–Kier alpha value is -3.09. The van der Waals surface area contributed by atoms with Gasteiger partial charge in [0.25, 0.3) is 15.6 Å². The number of amides is 1. The molecule has 0 atom stereocenters. The fraction of sp³-hybridized carbons (Fsp3) is 0.217. The summed E-state index contributed by atoms with van der Waals surface area (Å²) in [6, 6.07) is 11.2. The summed E-state index contributed by atoms with van der Waals surface area (Å²) >= 11 is 3.22. The summed E-state index contributed by atoms with van der Waals surface area (Å²) in [4.78, 5) is 25.0. The van der Waals surface area contributed by atoms with Crippen LogP contribution in [0.5, 0.6) is 5.75 Å². The minimum absolute atomic E-state index is 0.118. The lowest BCUT2D eigenvalue weighted by molar-refractivity contribution is 0.266. The van der Waals surface area contributed by atoms with Gasteiger partial charge in [0.15, 0.2) is 0 Å². The molecule has 1 N–H and O–H groups in total. The molecule has 1 amide bonds. The third-order valence-corrected chi connectivity index (χ3v) is 7.30. The number of nitrogens with zero attached hydrogens (tertiary/aromatic N) is 2. The zero-order valence-corrected chi connectivity index (χ0v) is 21.4. The highest BCUT2D eigenvalue weighted by molar-refractivity contribution is 9.10. The fourth-order valence-corrected chi connectivity index (χ4v) is 4.11. The van der Waals surface area contributed by atoms with E-state index in [9.17, 15) is 26.8 Å². The molecule has 3 rings (SSSR count). The molecule has 12 heteroatoms. The third kappa shape index (κ3) is 6.13. The second-order valence-electron chi connectivity index (χ2n) is 7.78. The van der Waals surface area contributed by atoms with Gasteiger partial charge in [-0.05, 0) is 52.7 Å². The minimum atomic E-state index is -4.14. The highest BCUT2D eigenvalue weighted by Gasteiger charge is 2.24. The van der Waals surface area contributed by atoms with Gasteiger partial charge < -0.3 is 14.6 Å². The van der Waals surface area contributed by atoms with Crippen molar-refractivity contribution >= 4 is 36.9 Å². The molecule has 2 aromatic carbocycles. The predicted molar refractivity (Wildman–Crippen MR) is 131 cm³/mol. The highest BCUT2D eigenvalue weighted by Crippen LogP contribution is 2.25. The summed E-state index contributed by atoms with van der Waals surface area (Å²) in [6.45, 7) is 1.61. The van der Waals surface area contributed by atoms with Gasteiger partial charge in [0.1, 0.15) is 28.5 Å². The molecule has 0 radical (unpaired) electrons. The molecule has 0 spiro atoms. The molecule has 1 aromatic heterocycles. The van der Waals surface area contributed by atoms with E-state index in [-0.39, 0.29) is 34.6 Å². The van der Waals surface area contributed by atoms with Crippen LogP contribution in [0.4, 0.5) is 19.3 Å². The van der Waals surface area contributed by atoms with Crippen molar-refractivity contribution in [3.05, 3.63) is 91.8 Å². The topological polar surface area (TPSA) is 97.7 Å². The van der Waals surface area contributed by atoms with E-state index in [1.165, 1.54) is 30.8 Å². The van der Waals surface area contributed by atoms with Crippen LogP contribution >= 0.6 is 15.9 Å². The largest absolute Gasteiger partial charge is 0.487 e. The molecule has 3 aromatic rings.